The Labute approximate surface area is 160 Å². The Morgan fingerprint density at radius 1 is 1.15 bits per heavy atom. The van der Waals surface area contributed by atoms with E-state index in [-0.39, 0.29) is 0 Å². The number of hydrogen-bond acceptors (Lipinski definition) is 4. The minimum Gasteiger partial charge on any atom is -0.492 e. The van der Waals surface area contributed by atoms with Crippen LogP contribution in [0.1, 0.15) is 12.7 Å². The first-order valence-electron chi connectivity index (χ1n) is 8.45. The summed E-state index contributed by atoms with van der Waals surface area (Å²) in [6.07, 6.45) is 1.94. The SMILES string of the molecule is CCNC(=NCc1nnc2ccccn12)NCCOc1ccc(Br)cc1. The number of aromatic nitrogens is 3. The maximum absolute atomic E-state index is 5.71. The van der Waals surface area contributed by atoms with Gasteiger partial charge in [0.1, 0.15) is 18.9 Å². The number of nitrogens with zero attached hydrogens (tertiary/aromatic N) is 4. The molecule has 0 aliphatic carbocycles. The molecule has 0 amide bonds. The van der Waals surface area contributed by atoms with Gasteiger partial charge in [0, 0.05) is 17.2 Å². The fourth-order valence-electron chi connectivity index (χ4n) is 2.36. The van der Waals surface area contributed by atoms with Gasteiger partial charge in [-0.1, -0.05) is 22.0 Å². The fraction of sp³-hybridized carbons (Fsp3) is 0.278. The van der Waals surface area contributed by atoms with E-state index in [1.807, 2.05) is 60.0 Å². The number of nitrogens with one attached hydrogen (secondary N) is 2. The number of fused-ring (bicyclic) bond motifs is 1. The smallest absolute Gasteiger partial charge is 0.191 e. The van der Waals surface area contributed by atoms with Crippen molar-refractivity contribution >= 4 is 27.5 Å². The summed E-state index contributed by atoms with van der Waals surface area (Å²) in [6.45, 7) is 4.43. The first-order chi connectivity index (χ1) is 12.8. The zero-order chi connectivity index (χ0) is 18.2. The van der Waals surface area contributed by atoms with E-state index in [4.69, 9.17) is 4.74 Å². The lowest BCUT2D eigenvalue weighted by Crippen LogP contribution is -2.39. The molecule has 3 rings (SSSR count). The third kappa shape index (κ3) is 4.95. The van der Waals surface area contributed by atoms with Crippen LogP contribution in [0.4, 0.5) is 0 Å². The van der Waals surface area contributed by atoms with Crippen molar-refractivity contribution < 1.29 is 4.74 Å². The van der Waals surface area contributed by atoms with Crippen LogP contribution in [0.2, 0.25) is 0 Å². The Hall–Kier alpha value is -2.61. The van der Waals surface area contributed by atoms with E-state index in [1.165, 1.54) is 0 Å². The van der Waals surface area contributed by atoms with E-state index in [0.29, 0.717) is 19.7 Å². The molecule has 7 nitrogen and oxygen atoms in total. The van der Waals surface area contributed by atoms with Crippen LogP contribution in [0.3, 0.4) is 0 Å². The highest BCUT2D eigenvalue weighted by molar-refractivity contribution is 9.10. The van der Waals surface area contributed by atoms with Gasteiger partial charge in [0.15, 0.2) is 17.4 Å². The van der Waals surface area contributed by atoms with Crippen molar-refractivity contribution in [3.63, 3.8) is 0 Å². The summed E-state index contributed by atoms with van der Waals surface area (Å²) in [5.74, 6) is 2.36. The van der Waals surface area contributed by atoms with Crippen LogP contribution in [0.5, 0.6) is 5.75 Å². The third-order valence-corrected chi connectivity index (χ3v) is 4.11. The normalized spacial score (nSPS) is 11.5. The highest BCUT2D eigenvalue weighted by Gasteiger charge is 2.04. The quantitative estimate of drug-likeness (QED) is 0.351. The van der Waals surface area contributed by atoms with Gasteiger partial charge in [0.25, 0.3) is 0 Å². The van der Waals surface area contributed by atoms with Gasteiger partial charge >= 0.3 is 0 Å². The minimum absolute atomic E-state index is 0.439. The average molecular weight is 417 g/mol. The van der Waals surface area contributed by atoms with Gasteiger partial charge in [0.2, 0.25) is 0 Å². The van der Waals surface area contributed by atoms with Crippen LogP contribution in [0, 0.1) is 0 Å². The molecule has 8 heteroatoms. The molecule has 26 heavy (non-hydrogen) atoms. The van der Waals surface area contributed by atoms with Crippen LogP contribution in [0.15, 0.2) is 58.1 Å². The second-order valence-corrected chi connectivity index (χ2v) is 6.39. The summed E-state index contributed by atoms with van der Waals surface area (Å²) in [5, 5.41) is 14.8. The molecule has 0 spiro atoms. The van der Waals surface area contributed by atoms with Gasteiger partial charge in [-0.25, -0.2) is 4.99 Å². The number of halogens is 1. The van der Waals surface area contributed by atoms with Crippen LogP contribution in [-0.2, 0) is 6.54 Å². The number of benzene rings is 1. The summed E-state index contributed by atoms with van der Waals surface area (Å²) < 4.78 is 8.67. The molecule has 0 aliphatic rings. The number of guanidine groups is 1. The van der Waals surface area contributed by atoms with Crippen molar-refractivity contribution in [2.24, 2.45) is 4.99 Å². The number of pyridine rings is 1. The first kappa shape index (κ1) is 18.2. The van der Waals surface area contributed by atoms with Crippen molar-refractivity contribution in [3.8, 4) is 5.75 Å². The first-order valence-corrected chi connectivity index (χ1v) is 9.25. The van der Waals surface area contributed by atoms with E-state index < -0.39 is 0 Å². The lowest BCUT2D eigenvalue weighted by atomic mass is 10.3. The predicted molar refractivity (Wildman–Crippen MR) is 105 cm³/mol. The highest BCUT2D eigenvalue weighted by Crippen LogP contribution is 2.15. The third-order valence-electron chi connectivity index (χ3n) is 3.58. The molecular formula is C18H21BrN6O. The Balaban J connectivity index is 1.53. The van der Waals surface area contributed by atoms with Gasteiger partial charge in [-0.05, 0) is 43.3 Å². The molecule has 0 atom stereocenters. The van der Waals surface area contributed by atoms with Gasteiger partial charge < -0.3 is 15.4 Å². The summed E-state index contributed by atoms with van der Waals surface area (Å²) in [4.78, 5) is 4.57. The number of rotatable bonds is 7. The van der Waals surface area contributed by atoms with E-state index in [1.54, 1.807) is 0 Å². The summed E-state index contributed by atoms with van der Waals surface area (Å²) >= 11 is 3.41. The predicted octanol–water partition coefficient (Wildman–Crippen LogP) is 2.63. The molecule has 0 saturated heterocycles. The maximum Gasteiger partial charge on any atom is 0.191 e. The molecule has 0 unspecified atom stereocenters. The van der Waals surface area contributed by atoms with Crippen molar-refractivity contribution in [1.82, 2.24) is 25.2 Å². The molecule has 0 saturated carbocycles. The summed E-state index contributed by atoms with van der Waals surface area (Å²) in [6, 6.07) is 13.6. The Morgan fingerprint density at radius 3 is 2.81 bits per heavy atom. The standard InChI is InChI=1S/C18H21BrN6O/c1-2-20-18(21-10-12-26-15-8-6-14(19)7-9-15)22-13-17-24-23-16-5-3-4-11-25(16)17/h3-9,11H,2,10,12-13H2,1H3,(H2,20,21,22). The van der Waals surface area contributed by atoms with Gasteiger partial charge in [0.05, 0.1) is 6.54 Å². The van der Waals surface area contributed by atoms with Gasteiger partial charge in [-0.3, -0.25) is 4.40 Å². The molecule has 0 aliphatic heterocycles. The summed E-state index contributed by atoms with van der Waals surface area (Å²) in [5.41, 5.74) is 0.818. The molecule has 0 radical (unpaired) electrons. The van der Waals surface area contributed by atoms with Crippen molar-refractivity contribution in [1.29, 1.82) is 0 Å². The van der Waals surface area contributed by atoms with Gasteiger partial charge in [-0.2, -0.15) is 0 Å². The van der Waals surface area contributed by atoms with E-state index >= 15 is 0 Å². The molecule has 1 aromatic carbocycles. The van der Waals surface area contributed by atoms with Crippen molar-refractivity contribution in [3.05, 3.63) is 59.0 Å². The molecule has 2 aromatic heterocycles. The second-order valence-electron chi connectivity index (χ2n) is 5.47. The maximum atomic E-state index is 5.71. The van der Waals surface area contributed by atoms with Crippen LogP contribution in [-0.4, -0.2) is 40.3 Å². The monoisotopic (exact) mass is 416 g/mol. The van der Waals surface area contributed by atoms with E-state index in [0.717, 1.165) is 34.2 Å². The van der Waals surface area contributed by atoms with Crippen molar-refractivity contribution in [2.45, 2.75) is 13.5 Å². The zero-order valence-electron chi connectivity index (χ0n) is 14.5. The minimum atomic E-state index is 0.439. The molecule has 0 bridgehead atoms. The number of aliphatic imine (C=N–C) groups is 1. The van der Waals surface area contributed by atoms with E-state index in [2.05, 4.69) is 41.8 Å². The second kappa shape index (κ2) is 9.19. The van der Waals surface area contributed by atoms with Gasteiger partial charge in [-0.15, -0.1) is 10.2 Å². The Kier molecular flexibility index (Phi) is 6.43. The molecule has 2 heterocycles. The molecule has 136 valence electrons. The topological polar surface area (TPSA) is 75.8 Å². The van der Waals surface area contributed by atoms with Crippen LogP contribution in [0.25, 0.3) is 5.65 Å². The van der Waals surface area contributed by atoms with Crippen LogP contribution >= 0.6 is 15.9 Å². The Morgan fingerprint density at radius 2 is 2.00 bits per heavy atom. The Bertz CT molecular complexity index is 862. The van der Waals surface area contributed by atoms with E-state index in [9.17, 15) is 0 Å². The molecule has 0 fully saturated rings. The number of hydrogen-bond donors (Lipinski definition) is 2. The molecule has 3 aromatic rings. The summed E-state index contributed by atoms with van der Waals surface area (Å²) in [7, 11) is 0. The largest absolute Gasteiger partial charge is 0.492 e. The lowest BCUT2D eigenvalue weighted by Gasteiger charge is -2.12. The highest BCUT2D eigenvalue weighted by atomic mass is 79.9. The number of ether oxygens (including phenoxy) is 1. The van der Waals surface area contributed by atoms with Crippen molar-refractivity contribution in [2.75, 3.05) is 19.7 Å². The van der Waals surface area contributed by atoms with Crippen LogP contribution < -0.4 is 15.4 Å². The fourth-order valence-corrected chi connectivity index (χ4v) is 2.62. The zero-order valence-corrected chi connectivity index (χ0v) is 16.1. The lowest BCUT2D eigenvalue weighted by molar-refractivity contribution is 0.322. The molecular weight excluding hydrogens is 396 g/mol. The average Bonchev–Trinajstić information content (AvgIpc) is 3.08. The molecule has 2 N–H and O–H groups in total.